The van der Waals surface area contributed by atoms with Crippen LogP contribution in [0.25, 0.3) is 0 Å². The van der Waals surface area contributed by atoms with Gasteiger partial charge in [-0.1, -0.05) is 48.0 Å². The summed E-state index contributed by atoms with van der Waals surface area (Å²) in [6, 6.07) is 18.8. The van der Waals surface area contributed by atoms with Gasteiger partial charge < -0.3 is 10.2 Å². The summed E-state index contributed by atoms with van der Waals surface area (Å²) in [7, 11) is 4.39. The van der Waals surface area contributed by atoms with E-state index in [1.54, 1.807) is 12.1 Å². The van der Waals surface area contributed by atoms with Crippen molar-refractivity contribution in [1.82, 2.24) is 10.2 Å². The minimum absolute atomic E-state index is 0.0146. The third-order valence-electron chi connectivity index (χ3n) is 5.97. The molecule has 1 aliphatic carbocycles. The maximum absolute atomic E-state index is 12.5. The summed E-state index contributed by atoms with van der Waals surface area (Å²) in [5.41, 5.74) is 2.06. The van der Waals surface area contributed by atoms with E-state index in [4.69, 9.17) is 11.6 Å². The van der Waals surface area contributed by atoms with E-state index in [2.05, 4.69) is 54.6 Å². The second-order valence-electron chi connectivity index (χ2n) is 8.15. The average Bonchev–Trinajstić information content (AvgIpc) is 2.70. The second-order valence-corrected chi connectivity index (χ2v) is 8.59. The fourth-order valence-corrected chi connectivity index (χ4v) is 4.61. The van der Waals surface area contributed by atoms with Crippen molar-refractivity contribution in [2.24, 2.45) is 5.92 Å². The van der Waals surface area contributed by atoms with Crippen molar-refractivity contribution in [2.75, 3.05) is 14.1 Å². The van der Waals surface area contributed by atoms with Gasteiger partial charge in [-0.25, -0.2) is 0 Å². The van der Waals surface area contributed by atoms with Gasteiger partial charge >= 0.3 is 0 Å². The summed E-state index contributed by atoms with van der Waals surface area (Å²) in [6.07, 6.45) is 6.73. The molecule has 1 fully saturated rings. The molecular weight excluding hydrogens is 368 g/mol. The number of rotatable bonds is 7. The lowest BCUT2D eigenvalue weighted by Gasteiger charge is -2.37. The number of amides is 1. The van der Waals surface area contributed by atoms with Crippen LogP contribution in [0, 0.1) is 5.92 Å². The highest BCUT2D eigenvalue weighted by Gasteiger charge is 2.29. The molecule has 0 heterocycles. The zero-order valence-corrected chi connectivity index (χ0v) is 17.7. The van der Waals surface area contributed by atoms with Crippen LogP contribution in [0.5, 0.6) is 0 Å². The van der Waals surface area contributed by atoms with Crippen LogP contribution in [0.2, 0.25) is 5.02 Å². The van der Waals surface area contributed by atoms with Crippen molar-refractivity contribution in [3.05, 3.63) is 70.7 Å². The van der Waals surface area contributed by atoms with Crippen molar-refractivity contribution in [2.45, 2.75) is 50.6 Å². The van der Waals surface area contributed by atoms with E-state index in [9.17, 15) is 4.79 Å². The van der Waals surface area contributed by atoms with Gasteiger partial charge in [0.25, 0.3) is 5.91 Å². The summed E-state index contributed by atoms with van der Waals surface area (Å²) in [4.78, 5) is 14.9. The highest BCUT2D eigenvalue weighted by atomic mass is 35.5. The standard InChI is InChI=1S/C24H31ClN2O/c1-27(2)23(16-11-18-7-4-3-5-8-18)19-12-14-22(15-13-19)26-24(28)20-9-6-10-21(25)17-20/h3-10,17,19,22-23H,11-16H2,1-2H3,(H,26,28). The van der Waals surface area contributed by atoms with Gasteiger partial charge in [-0.05, 0) is 82.3 Å². The minimum atomic E-state index is -0.0146. The van der Waals surface area contributed by atoms with E-state index < -0.39 is 0 Å². The molecule has 1 amide bonds. The minimum Gasteiger partial charge on any atom is -0.349 e. The topological polar surface area (TPSA) is 32.3 Å². The second kappa shape index (κ2) is 10.1. The average molecular weight is 399 g/mol. The van der Waals surface area contributed by atoms with Crippen molar-refractivity contribution in [1.29, 1.82) is 0 Å². The molecule has 1 saturated carbocycles. The van der Waals surface area contributed by atoms with Crippen LogP contribution in [0.4, 0.5) is 0 Å². The summed E-state index contributed by atoms with van der Waals surface area (Å²) < 4.78 is 0. The third-order valence-corrected chi connectivity index (χ3v) is 6.21. The van der Waals surface area contributed by atoms with Gasteiger partial charge in [-0.15, -0.1) is 0 Å². The van der Waals surface area contributed by atoms with Crippen LogP contribution in [0.15, 0.2) is 54.6 Å². The molecule has 2 aromatic carbocycles. The van der Waals surface area contributed by atoms with Crippen molar-refractivity contribution < 1.29 is 4.79 Å². The number of hydrogen-bond acceptors (Lipinski definition) is 2. The Kier molecular flexibility index (Phi) is 7.52. The highest BCUT2D eigenvalue weighted by molar-refractivity contribution is 6.30. The third kappa shape index (κ3) is 5.83. The summed E-state index contributed by atoms with van der Waals surface area (Å²) in [5.74, 6) is 0.678. The molecule has 1 atom stereocenters. The molecule has 0 aromatic heterocycles. The Balaban J connectivity index is 1.50. The molecular formula is C24H31ClN2O. The summed E-state index contributed by atoms with van der Waals surface area (Å²) >= 11 is 6.00. The SMILES string of the molecule is CN(C)C(CCc1ccccc1)C1CCC(NC(=O)c2cccc(Cl)c2)CC1. The van der Waals surface area contributed by atoms with Crippen LogP contribution in [-0.4, -0.2) is 37.0 Å². The van der Waals surface area contributed by atoms with E-state index >= 15 is 0 Å². The fourth-order valence-electron chi connectivity index (χ4n) is 4.42. The van der Waals surface area contributed by atoms with Gasteiger partial charge in [0.1, 0.15) is 0 Å². The van der Waals surface area contributed by atoms with E-state index in [0.717, 1.165) is 32.1 Å². The van der Waals surface area contributed by atoms with Gasteiger partial charge in [0.15, 0.2) is 0 Å². The number of halogens is 1. The molecule has 0 spiro atoms. The smallest absolute Gasteiger partial charge is 0.251 e. The Morgan fingerprint density at radius 2 is 1.79 bits per heavy atom. The first kappa shape index (κ1) is 20.9. The Bertz CT molecular complexity index is 754. The van der Waals surface area contributed by atoms with Crippen LogP contribution < -0.4 is 5.32 Å². The van der Waals surface area contributed by atoms with Crippen molar-refractivity contribution in [3.63, 3.8) is 0 Å². The number of benzene rings is 2. The lowest BCUT2D eigenvalue weighted by atomic mass is 9.79. The zero-order chi connectivity index (χ0) is 19.9. The predicted octanol–water partition coefficient (Wildman–Crippen LogP) is 5.19. The Hall–Kier alpha value is -1.84. The number of carbonyl (C=O) groups is 1. The molecule has 0 bridgehead atoms. The number of hydrogen-bond donors (Lipinski definition) is 1. The van der Waals surface area contributed by atoms with Crippen LogP contribution in [-0.2, 0) is 6.42 Å². The zero-order valence-electron chi connectivity index (χ0n) is 16.9. The Labute approximate surface area is 174 Å². The normalized spacial score (nSPS) is 20.7. The molecule has 1 N–H and O–H groups in total. The number of carbonyl (C=O) groups excluding carboxylic acids is 1. The van der Waals surface area contributed by atoms with Gasteiger partial charge in [0.05, 0.1) is 0 Å². The lowest BCUT2D eigenvalue weighted by Crippen LogP contribution is -2.42. The molecule has 0 radical (unpaired) electrons. The molecule has 1 aliphatic rings. The Morgan fingerprint density at radius 1 is 1.07 bits per heavy atom. The summed E-state index contributed by atoms with van der Waals surface area (Å²) in [5, 5.41) is 3.80. The quantitative estimate of drug-likeness (QED) is 0.695. The molecule has 2 aromatic rings. The highest BCUT2D eigenvalue weighted by Crippen LogP contribution is 2.31. The van der Waals surface area contributed by atoms with E-state index in [-0.39, 0.29) is 11.9 Å². The first-order chi connectivity index (χ1) is 13.5. The lowest BCUT2D eigenvalue weighted by molar-refractivity contribution is 0.0904. The van der Waals surface area contributed by atoms with E-state index in [0.29, 0.717) is 22.5 Å². The Morgan fingerprint density at radius 3 is 2.43 bits per heavy atom. The predicted molar refractivity (Wildman–Crippen MR) is 117 cm³/mol. The first-order valence-corrected chi connectivity index (χ1v) is 10.7. The molecule has 28 heavy (non-hydrogen) atoms. The van der Waals surface area contributed by atoms with E-state index in [1.165, 1.54) is 12.0 Å². The largest absolute Gasteiger partial charge is 0.349 e. The molecule has 1 unspecified atom stereocenters. The number of nitrogens with zero attached hydrogens (tertiary/aromatic N) is 1. The van der Waals surface area contributed by atoms with Gasteiger partial charge in [0, 0.05) is 22.7 Å². The fraction of sp³-hybridized carbons (Fsp3) is 0.458. The van der Waals surface area contributed by atoms with Gasteiger partial charge in [-0.3, -0.25) is 4.79 Å². The molecule has 0 aliphatic heterocycles. The molecule has 3 nitrogen and oxygen atoms in total. The number of aryl methyl sites for hydroxylation is 1. The molecule has 3 rings (SSSR count). The van der Waals surface area contributed by atoms with Gasteiger partial charge in [-0.2, -0.15) is 0 Å². The van der Waals surface area contributed by atoms with Crippen molar-refractivity contribution in [3.8, 4) is 0 Å². The maximum Gasteiger partial charge on any atom is 0.251 e. The maximum atomic E-state index is 12.5. The van der Waals surface area contributed by atoms with Gasteiger partial charge in [0.2, 0.25) is 0 Å². The number of nitrogens with one attached hydrogen (secondary N) is 1. The molecule has 4 heteroatoms. The monoisotopic (exact) mass is 398 g/mol. The molecule has 0 saturated heterocycles. The molecule has 150 valence electrons. The summed E-state index contributed by atoms with van der Waals surface area (Å²) in [6.45, 7) is 0. The van der Waals surface area contributed by atoms with Crippen LogP contribution >= 0.6 is 11.6 Å². The van der Waals surface area contributed by atoms with Crippen LogP contribution in [0.1, 0.15) is 48.0 Å². The van der Waals surface area contributed by atoms with Crippen LogP contribution in [0.3, 0.4) is 0 Å². The van der Waals surface area contributed by atoms with E-state index in [1.807, 2.05) is 12.1 Å². The first-order valence-electron chi connectivity index (χ1n) is 10.3. The van der Waals surface area contributed by atoms with Crippen molar-refractivity contribution >= 4 is 17.5 Å².